The van der Waals surface area contributed by atoms with Crippen LogP contribution in [0.1, 0.15) is 13.8 Å². The highest BCUT2D eigenvalue weighted by Crippen LogP contribution is 2.17. The lowest BCUT2D eigenvalue weighted by Crippen LogP contribution is -2.23. The number of benzene rings is 1. The molecule has 0 spiro atoms. The van der Waals surface area contributed by atoms with E-state index in [1.807, 2.05) is 26.0 Å². The average Bonchev–Trinajstić information content (AvgIpc) is 2.17. The van der Waals surface area contributed by atoms with Gasteiger partial charge >= 0.3 is 0 Å². The summed E-state index contributed by atoms with van der Waals surface area (Å²) in [4.78, 5) is 5.43. The predicted molar refractivity (Wildman–Crippen MR) is 68.6 cm³/mol. The topological polar surface area (TPSA) is 50.4 Å². The van der Waals surface area contributed by atoms with Gasteiger partial charge in [-0.05, 0) is 44.4 Å². The predicted octanol–water partition coefficient (Wildman–Crippen LogP) is 2.54. The van der Waals surface area contributed by atoms with Crippen molar-refractivity contribution in [3.05, 3.63) is 24.3 Å². The summed E-state index contributed by atoms with van der Waals surface area (Å²) in [5, 5.41) is 3.04. The summed E-state index contributed by atoms with van der Waals surface area (Å²) < 4.78 is 0. The third-order valence-electron chi connectivity index (χ3n) is 1.76. The van der Waals surface area contributed by atoms with Crippen molar-refractivity contribution in [1.82, 2.24) is 0 Å². The second-order valence-electron chi connectivity index (χ2n) is 3.46. The summed E-state index contributed by atoms with van der Waals surface area (Å²) in [6.45, 7) is 3.98. The van der Waals surface area contributed by atoms with Gasteiger partial charge in [0.15, 0.2) is 5.96 Å². The fraction of sp³-hybridized carbons (Fsp3) is 0.364. The highest BCUT2D eigenvalue weighted by Gasteiger charge is 1.96. The molecule has 1 aromatic carbocycles. The Morgan fingerprint density at radius 2 is 1.93 bits per heavy atom. The van der Waals surface area contributed by atoms with Crippen LogP contribution in [-0.4, -0.2) is 18.3 Å². The summed E-state index contributed by atoms with van der Waals surface area (Å²) >= 11 is 1.72. The molecule has 0 saturated carbocycles. The first-order valence-corrected chi connectivity index (χ1v) is 6.08. The minimum Gasteiger partial charge on any atom is -0.370 e. The van der Waals surface area contributed by atoms with Crippen LogP contribution >= 0.6 is 11.8 Å². The molecular formula is C11H17N3S. The van der Waals surface area contributed by atoms with Gasteiger partial charge in [0.25, 0.3) is 0 Å². The van der Waals surface area contributed by atoms with Crippen LogP contribution in [0.2, 0.25) is 0 Å². The van der Waals surface area contributed by atoms with E-state index in [0.29, 0.717) is 5.96 Å². The molecule has 82 valence electrons. The molecule has 0 aliphatic carbocycles. The molecule has 4 heteroatoms. The number of nitrogens with zero attached hydrogens (tertiary/aromatic N) is 1. The van der Waals surface area contributed by atoms with Gasteiger partial charge in [-0.1, -0.05) is 0 Å². The van der Waals surface area contributed by atoms with Crippen LogP contribution in [0.5, 0.6) is 0 Å². The van der Waals surface area contributed by atoms with Crippen molar-refractivity contribution >= 4 is 23.4 Å². The van der Waals surface area contributed by atoms with Crippen molar-refractivity contribution in [3.63, 3.8) is 0 Å². The highest BCUT2D eigenvalue weighted by molar-refractivity contribution is 7.98. The van der Waals surface area contributed by atoms with Crippen LogP contribution in [-0.2, 0) is 0 Å². The number of thioether (sulfide) groups is 1. The molecule has 0 saturated heterocycles. The Morgan fingerprint density at radius 1 is 1.33 bits per heavy atom. The number of hydrogen-bond acceptors (Lipinski definition) is 2. The Morgan fingerprint density at radius 3 is 2.40 bits per heavy atom. The molecular weight excluding hydrogens is 206 g/mol. The van der Waals surface area contributed by atoms with E-state index in [1.54, 1.807) is 11.8 Å². The molecule has 3 nitrogen and oxygen atoms in total. The Kier molecular flexibility index (Phi) is 4.49. The second kappa shape index (κ2) is 5.66. The van der Waals surface area contributed by atoms with Crippen LogP contribution in [0.3, 0.4) is 0 Å². The van der Waals surface area contributed by atoms with Gasteiger partial charge in [-0.2, -0.15) is 0 Å². The van der Waals surface area contributed by atoms with Crippen LogP contribution in [0.25, 0.3) is 0 Å². The van der Waals surface area contributed by atoms with Crippen molar-refractivity contribution in [2.75, 3.05) is 11.6 Å². The molecule has 0 radical (unpaired) electrons. The molecule has 0 amide bonds. The van der Waals surface area contributed by atoms with Gasteiger partial charge in [0.2, 0.25) is 0 Å². The highest BCUT2D eigenvalue weighted by atomic mass is 32.2. The number of nitrogens with one attached hydrogen (secondary N) is 1. The lowest BCUT2D eigenvalue weighted by Gasteiger charge is -2.07. The lowest BCUT2D eigenvalue weighted by molar-refractivity contribution is 0.833. The van der Waals surface area contributed by atoms with Gasteiger partial charge in [0.05, 0.1) is 0 Å². The molecule has 0 fully saturated rings. The Hall–Kier alpha value is -1.16. The zero-order valence-electron chi connectivity index (χ0n) is 9.32. The Balaban J connectivity index is 2.65. The molecule has 0 heterocycles. The van der Waals surface area contributed by atoms with E-state index >= 15 is 0 Å². The molecule has 0 bridgehead atoms. The van der Waals surface area contributed by atoms with Crippen LogP contribution in [0.4, 0.5) is 5.69 Å². The molecule has 3 N–H and O–H groups in total. The number of rotatable bonds is 3. The largest absolute Gasteiger partial charge is 0.370 e. The maximum Gasteiger partial charge on any atom is 0.193 e. The number of guanidine groups is 1. The smallest absolute Gasteiger partial charge is 0.193 e. The minimum atomic E-state index is 0.211. The monoisotopic (exact) mass is 223 g/mol. The molecule has 1 aromatic rings. The number of hydrogen-bond donors (Lipinski definition) is 2. The number of nitrogens with two attached hydrogens (primary N) is 1. The van der Waals surface area contributed by atoms with Crippen molar-refractivity contribution in [2.45, 2.75) is 24.8 Å². The van der Waals surface area contributed by atoms with E-state index in [4.69, 9.17) is 5.73 Å². The van der Waals surface area contributed by atoms with Crippen molar-refractivity contribution < 1.29 is 0 Å². The summed E-state index contributed by atoms with van der Waals surface area (Å²) in [5.74, 6) is 0.460. The molecule has 0 atom stereocenters. The maximum absolute atomic E-state index is 5.71. The normalized spacial score (nSPS) is 11.9. The molecule has 0 aromatic heterocycles. The molecule has 1 rings (SSSR count). The first-order valence-electron chi connectivity index (χ1n) is 4.86. The van der Waals surface area contributed by atoms with Gasteiger partial charge in [-0.3, -0.25) is 4.99 Å². The molecule has 0 unspecified atom stereocenters. The third kappa shape index (κ3) is 4.25. The van der Waals surface area contributed by atoms with Gasteiger partial charge in [0, 0.05) is 16.6 Å². The van der Waals surface area contributed by atoms with Crippen molar-refractivity contribution in [2.24, 2.45) is 10.7 Å². The minimum absolute atomic E-state index is 0.211. The average molecular weight is 223 g/mol. The fourth-order valence-electron chi connectivity index (χ4n) is 1.13. The fourth-order valence-corrected chi connectivity index (χ4v) is 1.54. The lowest BCUT2D eigenvalue weighted by atomic mass is 10.3. The van der Waals surface area contributed by atoms with E-state index in [-0.39, 0.29) is 6.04 Å². The van der Waals surface area contributed by atoms with Crippen molar-refractivity contribution in [3.8, 4) is 0 Å². The molecule has 0 aliphatic rings. The van der Waals surface area contributed by atoms with E-state index in [1.165, 1.54) is 4.90 Å². The van der Waals surface area contributed by atoms with Crippen LogP contribution in [0, 0.1) is 0 Å². The quantitative estimate of drug-likeness (QED) is 0.470. The molecule has 15 heavy (non-hydrogen) atoms. The Bertz CT molecular complexity index is 330. The van der Waals surface area contributed by atoms with Crippen molar-refractivity contribution in [1.29, 1.82) is 0 Å². The summed E-state index contributed by atoms with van der Waals surface area (Å²) in [6, 6.07) is 8.30. The first-order chi connectivity index (χ1) is 7.11. The summed E-state index contributed by atoms with van der Waals surface area (Å²) in [6.07, 6.45) is 2.05. The SMILES string of the molecule is CSc1ccc(NC(N)=NC(C)C)cc1. The number of anilines is 1. The van der Waals surface area contributed by atoms with Gasteiger partial charge in [-0.25, -0.2) is 0 Å². The molecule has 0 aliphatic heterocycles. The van der Waals surface area contributed by atoms with Crippen LogP contribution in [0.15, 0.2) is 34.2 Å². The summed E-state index contributed by atoms with van der Waals surface area (Å²) in [5.41, 5.74) is 6.68. The summed E-state index contributed by atoms with van der Waals surface area (Å²) in [7, 11) is 0. The van der Waals surface area contributed by atoms with E-state index < -0.39 is 0 Å². The van der Waals surface area contributed by atoms with E-state index in [2.05, 4.69) is 28.7 Å². The van der Waals surface area contributed by atoms with E-state index in [0.717, 1.165) is 5.69 Å². The maximum atomic E-state index is 5.71. The van der Waals surface area contributed by atoms with Crippen LogP contribution < -0.4 is 11.1 Å². The zero-order chi connectivity index (χ0) is 11.3. The first kappa shape index (κ1) is 11.9. The zero-order valence-corrected chi connectivity index (χ0v) is 10.1. The van der Waals surface area contributed by atoms with E-state index in [9.17, 15) is 0 Å². The van der Waals surface area contributed by atoms with Gasteiger partial charge < -0.3 is 11.1 Å². The second-order valence-corrected chi connectivity index (χ2v) is 4.34. The number of aliphatic imine (C=N–C) groups is 1. The van der Waals surface area contributed by atoms with Gasteiger partial charge in [0.1, 0.15) is 0 Å². The Labute approximate surface area is 95.2 Å². The standard InChI is InChI=1S/C11H17N3S/c1-8(2)13-11(12)14-9-4-6-10(15-3)7-5-9/h4-8H,1-3H3,(H3,12,13,14). The third-order valence-corrected chi connectivity index (χ3v) is 2.50. The van der Waals surface area contributed by atoms with Gasteiger partial charge in [-0.15, -0.1) is 11.8 Å².